The van der Waals surface area contributed by atoms with E-state index in [1.807, 2.05) is 0 Å². The molecule has 0 radical (unpaired) electrons. The van der Waals surface area contributed by atoms with Crippen LogP contribution in [0.2, 0.25) is 0 Å². The molecule has 2 N–H and O–H groups in total. The number of carbonyl (C=O) groups is 3. The summed E-state index contributed by atoms with van der Waals surface area (Å²) >= 11 is 0. The number of urea groups is 1. The van der Waals surface area contributed by atoms with Gasteiger partial charge in [-0.25, -0.2) is 4.79 Å². The zero-order valence-electron chi connectivity index (χ0n) is 16.6. The molecule has 4 amide bonds. The molecule has 0 aromatic carbocycles. The van der Waals surface area contributed by atoms with Gasteiger partial charge in [-0.3, -0.25) is 14.5 Å². The van der Waals surface area contributed by atoms with Gasteiger partial charge in [-0.1, -0.05) is 40.5 Å². The molecule has 3 aliphatic rings. The first-order valence-corrected chi connectivity index (χ1v) is 10.0. The Balaban J connectivity index is 1.64. The maximum Gasteiger partial charge on any atom is 0.325 e. The Bertz CT molecular complexity index is 603. The number of rotatable bonds is 3. The second-order valence-corrected chi connectivity index (χ2v) is 9.79. The van der Waals surface area contributed by atoms with E-state index >= 15 is 0 Å². The minimum Gasteiger partial charge on any atom is -0.352 e. The number of nitrogens with zero attached hydrogens (tertiary/aromatic N) is 1. The highest BCUT2D eigenvalue weighted by Crippen LogP contribution is 2.46. The van der Waals surface area contributed by atoms with Crippen LogP contribution in [-0.2, 0) is 9.59 Å². The summed E-state index contributed by atoms with van der Waals surface area (Å²) in [6.07, 6.45) is 6.60. The van der Waals surface area contributed by atoms with Crippen LogP contribution in [0.5, 0.6) is 0 Å². The molecule has 0 aromatic heterocycles. The van der Waals surface area contributed by atoms with Gasteiger partial charge in [0.25, 0.3) is 5.91 Å². The SMILES string of the molecule is CC1CCCC(NC(=O)CN2C(=O)NC3(CC(C)CC(C)(C)C3)C2=O)C1. The molecule has 6 heteroatoms. The van der Waals surface area contributed by atoms with Gasteiger partial charge in [0.1, 0.15) is 12.1 Å². The van der Waals surface area contributed by atoms with E-state index in [0.717, 1.165) is 30.6 Å². The molecule has 4 atom stereocenters. The fraction of sp³-hybridized carbons (Fsp3) is 0.850. The molecule has 6 nitrogen and oxygen atoms in total. The average molecular weight is 364 g/mol. The molecule has 3 fully saturated rings. The van der Waals surface area contributed by atoms with Gasteiger partial charge in [-0.05, 0) is 49.4 Å². The maximum atomic E-state index is 13.1. The minimum absolute atomic E-state index is 0.00287. The number of amides is 4. The monoisotopic (exact) mass is 363 g/mol. The summed E-state index contributed by atoms with van der Waals surface area (Å²) in [5, 5.41) is 5.95. The number of hydrogen-bond acceptors (Lipinski definition) is 3. The summed E-state index contributed by atoms with van der Waals surface area (Å²) in [5.74, 6) is 0.516. The molecule has 1 heterocycles. The van der Waals surface area contributed by atoms with Gasteiger partial charge >= 0.3 is 6.03 Å². The lowest BCUT2D eigenvalue weighted by Gasteiger charge is -2.43. The molecule has 26 heavy (non-hydrogen) atoms. The Kier molecular flexibility index (Phi) is 5.06. The summed E-state index contributed by atoms with van der Waals surface area (Å²) in [6.45, 7) is 8.44. The van der Waals surface area contributed by atoms with Crippen LogP contribution in [0.3, 0.4) is 0 Å². The highest BCUT2D eigenvalue weighted by atomic mass is 16.2. The van der Waals surface area contributed by atoms with E-state index < -0.39 is 11.6 Å². The van der Waals surface area contributed by atoms with Crippen molar-refractivity contribution < 1.29 is 14.4 Å². The van der Waals surface area contributed by atoms with Crippen molar-refractivity contribution in [1.29, 1.82) is 0 Å². The fourth-order valence-electron chi connectivity index (χ4n) is 5.63. The second-order valence-electron chi connectivity index (χ2n) is 9.79. The third-order valence-electron chi connectivity index (χ3n) is 6.23. The standard InChI is InChI=1S/C20H33N3O3/c1-13-6-5-7-15(8-13)21-16(24)11-23-17(25)20(22-18(23)26)10-14(2)9-19(3,4)12-20/h13-15H,5-12H2,1-4H3,(H,21,24)(H,22,26). The molecule has 2 saturated carbocycles. The van der Waals surface area contributed by atoms with Crippen molar-refractivity contribution in [2.75, 3.05) is 6.54 Å². The third kappa shape index (κ3) is 3.89. The van der Waals surface area contributed by atoms with Crippen LogP contribution < -0.4 is 10.6 Å². The Labute approximate surface area is 156 Å². The van der Waals surface area contributed by atoms with Crippen molar-refractivity contribution in [3.8, 4) is 0 Å². The van der Waals surface area contributed by atoms with E-state index in [0.29, 0.717) is 24.7 Å². The van der Waals surface area contributed by atoms with Gasteiger partial charge in [0.15, 0.2) is 0 Å². The van der Waals surface area contributed by atoms with E-state index in [-0.39, 0.29) is 29.8 Å². The molecular weight excluding hydrogens is 330 g/mol. The summed E-state index contributed by atoms with van der Waals surface area (Å²) in [4.78, 5) is 39.1. The normalized spacial score (nSPS) is 36.9. The second kappa shape index (κ2) is 6.86. The topological polar surface area (TPSA) is 78.5 Å². The summed E-state index contributed by atoms with van der Waals surface area (Å²) < 4.78 is 0. The average Bonchev–Trinajstić information content (AvgIpc) is 2.68. The van der Waals surface area contributed by atoms with Gasteiger partial charge in [-0.15, -0.1) is 0 Å². The molecule has 3 rings (SSSR count). The number of imide groups is 1. The van der Waals surface area contributed by atoms with Crippen LogP contribution >= 0.6 is 0 Å². The zero-order chi connectivity index (χ0) is 19.1. The molecule has 4 unspecified atom stereocenters. The molecule has 1 saturated heterocycles. The van der Waals surface area contributed by atoms with Crippen LogP contribution in [0.25, 0.3) is 0 Å². The van der Waals surface area contributed by atoms with Crippen LogP contribution in [0.4, 0.5) is 4.79 Å². The van der Waals surface area contributed by atoms with Crippen LogP contribution in [0.1, 0.15) is 72.6 Å². The zero-order valence-corrected chi connectivity index (χ0v) is 16.6. The quantitative estimate of drug-likeness (QED) is 0.757. The third-order valence-corrected chi connectivity index (χ3v) is 6.23. The van der Waals surface area contributed by atoms with Gasteiger partial charge in [-0.2, -0.15) is 0 Å². The smallest absolute Gasteiger partial charge is 0.325 e. The maximum absolute atomic E-state index is 13.1. The van der Waals surface area contributed by atoms with Gasteiger partial charge in [0.05, 0.1) is 0 Å². The van der Waals surface area contributed by atoms with Crippen molar-refractivity contribution >= 4 is 17.8 Å². The predicted octanol–water partition coefficient (Wildman–Crippen LogP) is 2.82. The summed E-state index contributed by atoms with van der Waals surface area (Å²) in [6, 6.07) is -0.262. The highest BCUT2D eigenvalue weighted by molar-refractivity contribution is 6.09. The lowest BCUT2D eigenvalue weighted by Crippen LogP contribution is -2.54. The van der Waals surface area contributed by atoms with Gasteiger partial charge < -0.3 is 10.6 Å². The first kappa shape index (κ1) is 19.2. The van der Waals surface area contributed by atoms with Gasteiger partial charge in [0.2, 0.25) is 5.91 Å². The van der Waals surface area contributed by atoms with Crippen LogP contribution in [0.15, 0.2) is 0 Å². The van der Waals surface area contributed by atoms with Crippen LogP contribution in [-0.4, -0.2) is 40.9 Å². The molecule has 0 bridgehead atoms. The van der Waals surface area contributed by atoms with E-state index in [1.54, 1.807) is 0 Å². The first-order valence-electron chi connectivity index (χ1n) is 10.0. The molecule has 0 aromatic rings. The lowest BCUT2D eigenvalue weighted by molar-refractivity contribution is -0.137. The Morgan fingerprint density at radius 3 is 2.58 bits per heavy atom. The number of nitrogens with one attached hydrogen (secondary N) is 2. The Morgan fingerprint density at radius 1 is 1.19 bits per heavy atom. The van der Waals surface area contributed by atoms with Crippen LogP contribution in [0, 0.1) is 17.3 Å². The fourth-order valence-corrected chi connectivity index (χ4v) is 5.63. The summed E-state index contributed by atoms with van der Waals surface area (Å²) in [5.41, 5.74) is -0.838. The molecule has 2 aliphatic carbocycles. The minimum atomic E-state index is -0.835. The highest BCUT2D eigenvalue weighted by Gasteiger charge is 2.56. The van der Waals surface area contributed by atoms with Crippen molar-refractivity contribution in [3.05, 3.63) is 0 Å². The van der Waals surface area contributed by atoms with E-state index in [2.05, 4.69) is 38.3 Å². The largest absolute Gasteiger partial charge is 0.352 e. The van der Waals surface area contributed by atoms with Crippen molar-refractivity contribution in [1.82, 2.24) is 15.5 Å². The Hall–Kier alpha value is -1.59. The van der Waals surface area contributed by atoms with Crippen molar-refractivity contribution in [2.45, 2.75) is 84.2 Å². The molecule has 146 valence electrons. The van der Waals surface area contributed by atoms with E-state index in [1.165, 1.54) is 6.42 Å². The number of carbonyl (C=O) groups excluding carboxylic acids is 3. The number of hydrogen-bond donors (Lipinski definition) is 2. The van der Waals surface area contributed by atoms with E-state index in [9.17, 15) is 14.4 Å². The molecule has 1 aliphatic heterocycles. The molecular formula is C20H33N3O3. The first-order chi connectivity index (χ1) is 12.1. The summed E-state index contributed by atoms with van der Waals surface area (Å²) in [7, 11) is 0. The lowest BCUT2D eigenvalue weighted by atomic mass is 9.64. The van der Waals surface area contributed by atoms with Crippen molar-refractivity contribution in [2.24, 2.45) is 17.3 Å². The van der Waals surface area contributed by atoms with Gasteiger partial charge in [0, 0.05) is 6.04 Å². The van der Waals surface area contributed by atoms with Crippen molar-refractivity contribution in [3.63, 3.8) is 0 Å². The van der Waals surface area contributed by atoms with E-state index in [4.69, 9.17) is 0 Å². The Morgan fingerprint density at radius 2 is 1.92 bits per heavy atom. The predicted molar refractivity (Wildman–Crippen MR) is 99.3 cm³/mol. The molecule has 1 spiro atoms.